The van der Waals surface area contributed by atoms with Crippen LogP contribution in [0.15, 0.2) is 53.3 Å². The van der Waals surface area contributed by atoms with Crippen LogP contribution < -0.4 is 10.2 Å². The van der Waals surface area contributed by atoms with Crippen molar-refractivity contribution in [2.75, 3.05) is 69.7 Å². The number of aryl methyl sites for hydroxylation is 1. The standard InChI is InChI=1S/C33H42N8O3/c1-23-6-7-26(35-32(42)30-17-25(31(44-30)33(2,3)4)21-39-10-8-38(5)9-11-39)18-29(23)41-22-28(36-37-41)24-16-27(20-34-19-24)40-12-14-43-15-13-40/h6-7,16-20,22H,8-15,21H2,1-5H3,(H,35,42). The lowest BCUT2D eigenvalue weighted by molar-refractivity contribution is 0.0993. The number of rotatable bonds is 7. The predicted octanol–water partition coefficient (Wildman–Crippen LogP) is 4.36. The molecule has 0 radical (unpaired) electrons. The summed E-state index contributed by atoms with van der Waals surface area (Å²) in [4.78, 5) is 24.9. The molecule has 11 nitrogen and oxygen atoms in total. The zero-order valence-corrected chi connectivity index (χ0v) is 26.3. The summed E-state index contributed by atoms with van der Waals surface area (Å²) in [6.07, 6.45) is 5.56. The van der Waals surface area contributed by atoms with Crippen LogP contribution in [0.5, 0.6) is 0 Å². The first-order valence-corrected chi connectivity index (χ1v) is 15.3. The summed E-state index contributed by atoms with van der Waals surface area (Å²) in [5.74, 6) is 0.894. The van der Waals surface area contributed by atoms with E-state index in [9.17, 15) is 4.79 Å². The first kappa shape index (κ1) is 30.0. The summed E-state index contributed by atoms with van der Waals surface area (Å²) in [6.45, 7) is 16.3. The SMILES string of the molecule is Cc1ccc(NC(=O)c2cc(CN3CCN(C)CC3)c(C(C)(C)C)o2)cc1-n1cc(-c2cncc(N3CCOCC3)c2)nn1. The lowest BCUT2D eigenvalue weighted by atomic mass is 9.90. The number of carbonyl (C=O) groups excluding carboxylic acids is 1. The topological polar surface area (TPSA) is 105 Å². The van der Waals surface area contributed by atoms with Gasteiger partial charge < -0.3 is 24.3 Å². The molecule has 0 bridgehead atoms. The molecule has 11 heteroatoms. The number of piperazine rings is 1. The fourth-order valence-corrected chi connectivity index (χ4v) is 5.74. The molecule has 2 saturated heterocycles. The Kier molecular flexibility index (Phi) is 8.53. The molecule has 0 saturated carbocycles. The summed E-state index contributed by atoms with van der Waals surface area (Å²) in [7, 11) is 2.15. The number of benzene rings is 1. The molecule has 1 aromatic carbocycles. The van der Waals surface area contributed by atoms with Crippen LogP contribution in [-0.4, -0.2) is 95.2 Å². The van der Waals surface area contributed by atoms with Crippen molar-refractivity contribution in [2.24, 2.45) is 0 Å². The number of likely N-dealkylation sites (N-methyl/N-ethyl adjacent to an activating group) is 1. The fourth-order valence-electron chi connectivity index (χ4n) is 5.74. The third-order valence-electron chi connectivity index (χ3n) is 8.31. The summed E-state index contributed by atoms with van der Waals surface area (Å²) in [5.41, 5.74) is 5.98. The van der Waals surface area contributed by atoms with E-state index < -0.39 is 0 Å². The lowest BCUT2D eigenvalue weighted by Gasteiger charge is -2.32. The van der Waals surface area contributed by atoms with Crippen LogP contribution >= 0.6 is 0 Å². The Morgan fingerprint density at radius 2 is 1.77 bits per heavy atom. The molecule has 6 rings (SSSR count). The van der Waals surface area contributed by atoms with E-state index in [1.165, 1.54) is 0 Å². The molecule has 2 aliphatic heterocycles. The number of morpholine rings is 1. The molecule has 2 fully saturated rings. The number of ether oxygens (including phenoxy) is 1. The molecule has 0 aliphatic carbocycles. The molecule has 3 aromatic heterocycles. The quantitative estimate of drug-likeness (QED) is 0.332. The van der Waals surface area contributed by atoms with Gasteiger partial charge in [0.25, 0.3) is 5.91 Å². The van der Waals surface area contributed by atoms with Crippen LogP contribution in [-0.2, 0) is 16.7 Å². The normalized spacial score (nSPS) is 16.8. The first-order valence-electron chi connectivity index (χ1n) is 15.3. The molecule has 4 aromatic rings. The molecule has 0 unspecified atom stereocenters. The Hall–Kier alpha value is -4.06. The van der Waals surface area contributed by atoms with E-state index in [0.717, 1.165) is 85.3 Å². The molecule has 44 heavy (non-hydrogen) atoms. The molecule has 2 aliphatic rings. The Labute approximate surface area is 258 Å². The van der Waals surface area contributed by atoms with Gasteiger partial charge in [-0.15, -0.1) is 5.10 Å². The maximum Gasteiger partial charge on any atom is 0.291 e. The van der Waals surface area contributed by atoms with Crippen molar-refractivity contribution in [1.29, 1.82) is 0 Å². The van der Waals surface area contributed by atoms with E-state index >= 15 is 0 Å². The van der Waals surface area contributed by atoms with Crippen LogP contribution in [0.2, 0.25) is 0 Å². The minimum Gasteiger partial charge on any atom is -0.455 e. The number of carbonyl (C=O) groups is 1. The Morgan fingerprint density at radius 1 is 1.00 bits per heavy atom. The number of amides is 1. The number of hydrogen-bond donors (Lipinski definition) is 1. The smallest absolute Gasteiger partial charge is 0.291 e. The molecular weight excluding hydrogens is 556 g/mol. The Bertz CT molecular complexity index is 1610. The van der Waals surface area contributed by atoms with Crippen molar-refractivity contribution in [3.63, 3.8) is 0 Å². The molecule has 232 valence electrons. The van der Waals surface area contributed by atoms with Crippen LogP contribution in [0.3, 0.4) is 0 Å². The van der Waals surface area contributed by atoms with Crippen LogP contribution in [0.4, 0.5) is 11.4 Å². The minimum atomic E-state index is -0.278. The second-order valence-electron chi connectivity index (χ2n) is 12.8. The van der Waals surface area contributed by atoms with E-state index in [4.69, 9.17) is 9.15 Å². The molecule has 1 N–H and O–H groups in total. The summed E-state index contributed by atoms with van der Waals surface area (Å²) < 4.78 is 13.5. The van der Waals surface area contributed by atoms with Gasteiger partial charge in [-0.2, -0.15) is 0 Å². The second-order valence-corrected chi connectivity index (χ2v) is 12.8. The lowest BCUT2D eigenvalue weighted by Crippen LogP contribution is -2.44. The number of pyridine rings is 1. The maximum atomic E-state index is 13.4. The number of nitrogens with one attached hydrogen (secondary N) is 1. The molecule has 5 heterocycles. The largest absolute Gasteiger partial charge is 0.455 e. The van der Waals surface area contributed by atoms with Crippen molar-refractivity contribution in [1.82, 2.24) is 29.8 Å². The number of nitrogens with zero attached hydrogens (tertiary/aromatic N) is 7. The summed E-state index contributed by atoms with van der Waals surface area (Å²) >= 11 is 0. The highest BCUT2D eigenvalue weighted by atomic mass is 16.5. The number of furan rings is 1. The van der Waals surface area contributed by atoms with E-state index in [-0.39, 0.29) is 11.3 Å². The van der Waals surface area contributed by atoms with Gasteiger partial charge in [0.2, 0.25) is 0 Å². The first-order chi connectivity index (χ1) is 21.1. The van der Waals surface area contributed by atoms with Gasteiger partial charge in [-0.25, -0.2) is 4.68 Å². The molecule has 0 spiro atoms. The molecule has 0 atom stereocenters. The van der Waals surface area contributed by atoms with Crippen LogP contribution in [0.25, 0.3) is 16.9 Å². The van der Waals surface area contributed by atoms with Crippen molar-refractivity contribution in [3.8, 4) is 16.9 Å². The zero-order chi connectivity index (χ0) is 30.8. The highest BCUT2D eigenvalue weighted by Gasteiger charge is 2.28. The highest BCUT2D eigenvalue weighted by Crippen LogP contribution is 2.31. The van der Waals surface area contributed by atoms with Gasteiger partial charge in [0.1, 0.15) is 11.5 Å². The molecule has 1 amide bonds. The fraction of sp³-hybridized carbons (Fsp3) is 0.455. The van der Waals surface area contributed by atoms with Crippen LogP contribution in [0, 0.1) is 6.92 Å². The van der Waals surface area contributed by atoms with Gasteiger partial charge in [0.15, 0.2) is 5.76 Å². The van der Waals surface area contributed by atoms with Crippen molar-refractivity contribution in [3.05, 3.63) is 71.6 Å². The van der Waals surface area contributed by atoms with Crippen molar-refractivity contribution >= 4 is 17.3 Å². The van der Waals surface area contributed by atoms with E-state index in [0.29, 0.717) is 24.7 Å². The number of anilines is 2. The van der Waals surface area contributed by atoms with Gasteiger partial charge >= 0.3 is 0 Å². The van der Waals surface area contributed by atoms with Crippen LogP contribution in [0.1, 0.15) is 48.2 Å². The van der Waals surface area contributed by atoms with E-state index in [2.05, 4.69) is 69.2 Å². The second kappa shape index (κ2) is 12.5. The number of hydrogen-bond acceptors (Lipinski definition) is 9. The Morgan fingerprint density at radius 3 is 2.52 bits per heavy atom. The Balaban J connectivity index is 1.19. The predicted molar refractivity (Wildman–Crippen MR) is 170 cm³/mol. The highest BCUT2D eigenvalue weighted by molar-refractivity contribution is 6.02. The van der Waals surface area contributed by atoms with Crippen molar-refractivity contribution in [2.45, 2.75) is 39.7 Å². The average Bonchev–Trinajstić information content (AvgIpc) is 3.68. The maximum absolute atomic E-state index is 13.4. The van der Waals surface area contributed by atoms with E-state index in [1.807, 2.05) is 43.6 Å². The van der Waals surface area contributed by atoms with Crippen molar-refractivity contribution < 1.29 is 13.9 Å². The monoisotopic (exact) mass is 598 g/mol. The zero-order valence-electron chi connectivity index (χ0n) is 26.3. The van der Waals surface area contributed by atoms with Gasteiger partial charge in [0, 0.05) is 74.2 Å². The van der Waals surface area contributed by atoms with Gasteiger partial charge in [0.05, 0.1) is 37.0 Å². The third-order valence-corrected chi connectivity index (χ3v) is 8.31. The van der Waals surface area contributed by atoms with Gasteiger partial charge in [-0.1, -0.05) is 32.1 Å². The van der Waals surface area contributed by atoms with Gasteiger partial charge in [-0.3, -0.25) is 14.7 Å². The summed E-state index contributed by atoms with van der Waals surface area (Å²) in [5, 5.41) is 11.9. The average molecular weight is 599 g/mol. The minimum absolute atomic E-state index is 0.223. The summed E-state index contributed by atoms with van der Waals surface area (Å²) in [6, 6.07) is 9.76. The number of aromatic nitrogens is 4. The van der Waals surface area contributed by atoms with Gasteiger partial charge in [-0.05, 0) is 43.8 Å². The van der Waals surface area contributed by atoms with E-state index in [1.54, 1.807) is 10.9 Å². The molecular formula is C33H42N8O3. The third kappa shape index (κ3) is 6.69.